The van der Waals surface area contributed by atoms with Gasteiger partial charge in [0.1, 0.15) is 17.2 Å². The molecule has 4 nitrogen and oxygen atoms in total. The van der Waals surface area contributed by atoms with E-state index in [9.17, 15) is 10.2 Å². The molecule has 1 atom stereocenters. The van der Waals surface area contributed by atoms with Crippen LogP contribution in [0.2, 0.25) is 0 Å². The second-order valence-corrected chi connectivity index (χ2v) is 10.0. The number of halogens is 1. The number of piperidine rings is 1. The summed E-state index contributed by atoms with van der Waals surface area (Å²) in [7, 11) is 0. The fourth-order valence-corrected chi connectivity index (χ4v) is 5.90. The lowest BCUT2D eigenvalue weighted by atomic mass is 9.93. The Morgan fingerprint density at radius 2 is 1.66 bits per heavy atom. The second-order valence-electron chi connectivity index (χ2n) is 9.14. The number of likely N-dealkylation sites (tertiary alicyclic amines) is 1. The zero-order valence-corrected chi connectivity index (χ0v) is 21.6. The standard InChI is InChI=1S/C29H31NO3S.ClH/c1-20(30-15-3-2-4-16-30)14-17-33-27-7-5-6-25(29(27)21-8-10-22(31)11-9-21)26-19-34-28-18-23(32)12-13-24(26)28;/h5-13,18-20,31-32H,2-4,14-17H2,1H3;1H. The van der Waals surface area contributed by atoms with Crippen LogP contribution in [0.4, 0.5) is 0 Å². The molecule has 4 aromatic rings. The van der Waals surface area contributed by atoms with E-state index in [-0.39, 0.29) is 23.9 Å². The number of phenols is 2. The molecule has 1 aliphatic rings. The Labute approximate surface area is 217 Å². The number of fused-ring (bicyclic) bond motifs is 1. The predicted molar refractivity (Wildman–Crippen MR) is 148 cm³/mol. The van der Waals surface area contributed by atoms with Gasteiger partial charge in [0.05, 0.1) is 6.61 Å². The summed E-state index contributed by atoms with van der Waals surface area (Å²) >= 11 is 1.63. The van der Waals surface area contributed by atoms with Crippen LogP contribution in [0.5, 0.6) is 17.2 Å². The number of aromatic hydroxyl groups is 2. The van der Waals surface area contributed by atoms with E-state index in [1.807, 2.05) is 36.4 Å². The summed E-state index contributed by atoms with van der Waals surface area (Å²) in [5.41, 5.74) is 4.24. The highest BCUT2D eigenvalue weighted by molar-refractivity contribution is 7.17. The van der Waals surface area contributed by atoms with Gasteiger partial charge >= 0.3 is 0 Å². The third-order valence-electron chi connectivity index (χ3n) is 6.84. The molecule has 1 fully saturated rings. The van der Waals surface area contributed by atoms with E-state index in [4.69, 9.17) is 4.74 Å². The molecule has 3 aromatic carbocycles. The monoisotopic (exact) mass is 509 g/mol. The maximum absolute atomic E-state index is 9.91. The Balaban J connectivity index is 0.00000289. The number of ether oxygens (including phenoxy) is 1. The highest BCUT2D eigenvalue weighted by atomic mass is 35.5. The molecule has 0 bridgehead atoms. The van der Waals surface area contributed by atoms with Crippen molar-refractivity contribution in [2.75, 3.05) is 19.7 Å². The van der Waals surface area contributed by atoms with Gasteiger partial charge in [0.15, 0.2) is 0 Å². The van der Waals surface area contributed by atoms with Crippen molar-refractivity contribution in [2.24, 2.45) is 0 Å². The smallest absolute Gasteiger partial charge is 0.127 e. The maximum Gasteiger partial charge on any atom is 0.127 e. The number of thiophene rings is 1. The summed E-state index contributed by atoms with van der Waals surface area (Å²) in [6.07, 6.45) is 4.93. The predicted octanol–water partition coefficient (Wildman–Crippen LogP) is 7.71. The van der Waals surface area contributed by atoms with Crippen molar-refractivity contribution >= 4 is 33.8 Å². The van der Waals surface area contributed by atoms with Crippen molar-refractivity contribution in [1.29, 1.82) is 0 Å². The van der Waals surface area contributed by atoms with Gasteiger partial charge in [-0.25, -0.2) is 0 Å². The van der Waals surface area contributed by atoms with E-state index in [2.05, 4.69) is 23.3 Å². The normalized spacial score (nSPS) is 15.0. The zero-order valence-electron chi connectivity index (χ0n) is 19.9. The Bertz CT molecular complexity index is 1260. The molecule has 184 valence electrons. The molecule has 0 spiro atoms. The summed E-state index contributed by atoms with van der Waals surface area (Å²) in [5, 5.41) is 23.0. The first-order valence-electron chi connectivity index (χ1n) is 12.1. The molecule has 35 heavy (non-hydrogen) atoms. The van der Waals surface area contributed by atoms with Crippen LogP contribution >= 0.6 is 23.7 Å². The fraction of sp³-hybridized carbons (Fsp3) is 0.310. The molecule has 0 saturated carbocycles. The first-order valence-corrected chi connectivity index (χ1v) is 13.0. The number of nitrogens with zero attached hydrogens (tertiary/aromatic N) is 1. The fourth-order valence-electron chi connectivity index (χ4n) is 4.91. The van der Waals surface area contributed by atoms with E-state index in [1.165, 1.54) is 32.4 Å². The van der Waals surface area contributed by atoms with E-state index in [1.54, 1.807) is 29.5 Å². The quantitative estimate of drug-likeness (QED) is 0.268. The molecule has 0 aliphatic carbocycles. The van der Waals surface area contributed by atoms with Crippen molar-refractivity contribution in [1.82, 2.24) is 4.90 Å². The Hall–Kier alpha value is -2.73. The number of hydrogen-bond donors (Lipinski definition) is 2. The summed E-state index contributed by atoms with van der Waals surface area (Å²) in [6, 6.07) is 19.6. The first-order chi connectivity index (χ1) is 16.6. The van der Waals surface area contributed by atoms with Crippen molar-refractivity contribution in [3.05, 3.63) is 66.0 Å². The van der Waals surface area contributed by atoms with Crippen molar-refractivity contribution in [3.63, 3.8) is 0 Å². The third-order valence-corrected chi connectivity index (χ3v) is 7.78. The number of benzene rings is 3. The number of phenolic OH excluding ortho intramolecular Hbond substituents is 2. The van der Waals surface area contributed by atoms with Crippen LogP contribution in [0.3, 0.4) is 0 Å². The van der Waals surface area contributed by atoms with Gasteiger partial charge in [-0.1, -0.05) is 30.7 Å². The Morgan fingerprint density at radius 1 is 0.914 bits per heavy atom. The molecule has 6 heteroatoms. The van der Waals surface area contributed by atoms with Crippen molar-refractivity contribution in [2.45, 2.75) is 38.6 Å². The van der Waals surface area contributed by atoms with Crippen molar-refractivity contribution in [3.8, 4) is 39.5 Å². The maximum atomic E-state index is 9.91. The van der Waals surface area contributed by atoms with Gasteiger partial charge in [0.25, 0.3) is 0 Å². The third kappa shape index (κ3) is 5.58. The molecule has 2 N–H and O–H groups in total. The molecular formula is C29H32ClNO3S. The average molecular weight is 510 g/mol. The van der Waals surface area contributed by atoms with Gasteiger partial charge in [-0.2, -0.15) is 0 Å². The lowest BCUT2D eigenvalue weighted by Gasteiger charge is -2.32. The van der Waals surface area contributed by atoms with Crippen LogP contribution in [-0.4, -0.2) is 40.9 Å². The minimum atomic E-state index is 0. The first kappa shape index (κ1) is 25.4. The summed E-state index contributed by atoms with van der Waals surface area (Å²) in [6.45, 7) is 5.34. The average Bonchev–Trinajstić information content (AvgIpc) is 3.28. The Morgan fingerprint density at radius 3 is 2.43 bits per heavy atom. The second kappa shape index (κ2) is 11.3. The van der Waals surface area contributed by atoms with Crippen LogP contribution in [-0.2, 0) is 0 Å². The van der Waals surface area contributed by atoms with E-state index in [0.29, 0.717) is 12.6 Å². The van der Waals surface area contributed by atoms with Gasteiger partial charge in [0, 0.05) is 27.3 Å². The molecule has 1 aromatic heterocycles. The molecule has 1 aliphatic heterocycles. The molecule has 2 heterocycles. The highest BCUT2D eigenvalue weighted by Gasteiger charge is 2.19. The molecule has 1 unspecified atom stereocenters. The zero-order chi connectivity index (χ0) is 23.5. The highest BCUT2D eigenvalue weighted by Crippen LogP contribution is 2.44. The van der Waals surface area contributed by atoms with Gasteiger partial charge in [-0.3, -0.25) is 0 Å². The van der Waals surface area contributed by atoms with Crippen molar-refractivity contribution < 1.29 is 14.9 Å². The minimum Gasteiger partial charge on any atom is -0.508 e. The molecule has 0 radical (unpaired) electrons. The van der Waals surface area contributed by atoms with Gasteiger partial charge in [-0.05, 0) is 92.2 Å². The molecular weight excluding hydrogens is 478 g/mol. The van der Waals surface area contributed by atoms with Crippen LogP contribution in [0.1, 0.15) is 32.6 Å². The largest absolute Gasteiger partial charge is 0.508 e. The van der Waals surface area contributed by atoms with Gasteiger partial charge in [0.2, 0.25) is 0 Å². The summed E-state index contributed by atoms with van der Waals surface area (Å²) in [5.74, 6) is 1.38. The van der Waals surface area contributed by atoms with Crippen LogP contribution in [0.15, 0.2) is 66.0 Å². The van der Waals surface area contributed by atoms with E-state index < -0.39 is 0 Å². The topological polar surface area (TPSA) is 52.9 Å². The number of hydrogen-bond acceptors (Lipinski definition) is 5. The van der Waals surface area contributed by atoms with Crippen LogP contribution in [0, 0.1) is 0 Å². The SMILES string of the molecule is CC(CCOc1cccc(-c2csc3cc(O)ccc23)c1-c1ccc(O)cc1)N1CCCCC1.Cl. The van der Waals surface area contributed by atoms with Gasteiger partial charge < -0.3 is 19.8 Å². The van der Waals surface area contributed by atoms with E-state index >= 15 is 0 Å². The lowest BCUT2D eigenvalue weighted by Crippen LogP contribution is -2.38. The van der Waals surface area contributed by atoms with E-state index in [0.717, 1.165) is 44.5 Å². The molecule has 1 saturated heterocycles. The van der Waals surface area contributed by atoms with Crippen LogP contribution in [0.25, 0.3) is 32.3 Å². The molecule has 0 amide bonds. The molecule has 5 rings (SSSR count). The number of rotatable bonds is 7. The minimum absolute atomic E-state index is 0. The Kier molecular flexibility index (Phi) is 8.22. The summed E-state index contributed by atoms with van der Waals surface area (Å²) in [4.78, 5) is 2.58. The summed E-state index contributed by atoms with van der Waals surface area (Å²) < 4.78 is 7.48. The van der Waals surface area contributed by atoms with Gasteiger partial charge in [-0.15, -0.1) is 23.7 Å². The lowest BCUT2D eigenvalue weighted by molar-refractivity contribution is 0.149. The van der Waals surface area contributed by atoms with Crippen LogP contribution < -0.4 is 4.74 Å².